The van der Waals surface area contributed by atoms with E-state index in [0.717, 1.165) is 22.4 Å². The van der Waals surface area contributed by atoms with Crippen LogP contribution in [0.4, 0.5) is 4.39 Å². The van der Waals surface area contributed by atoms with Gasteiger partial charge in [0.15, 0.2) is 0 Å². The van der Waals surface area contributed by atoms with Crippen LogP contribution in [0.25, 0.3) is 17.2 Å². The quantitative estimate of drug-likeness (QED) is 0.790. The molecule has 0 bridgehead atoms. The van der Waals surface area contributed by atoms with E-state index in [1.807, 2.05) is 18.2 Å². The molecule has 0 atom stereocenters. The molecule has 1 aliphatic rings. The highest BCUT2D eigenvalue weighted by Crippen LogP contribution is 2.31. The van der Waals surface area contributed by atoms with Crippen LogP contribution < -0.4 is 4.74 Å². The number of rotatable bonds is 2. The van der Waals surface area contributed by atoms with E-state index in [9.17, 15) is 9.18 Å². The first-order valence-corrected chi connectivity index (χ1v) is 6.99. The highest BCUT2D eigenvalue weighted by Gasteiger charge is 2.16. The molecule has 0 aromatic heterocycles. The number of methoxy groups -OCH3 is 1. The third kappa shape index (κ3) is 2.86. The number of benzene rings is 2. The average Bonchev–Trinajstić information content (AvgIpc) is 2.76. The molecule has 3 nitrogen and oxygen atoms in total. The summed E-state index contributed by atoms with van der Waals surface area (Å²) in [6.45, 7) is 0.434. The lowest BCUT2D eigenvalue weighted by atomic mass is 10.0. The fourth-order valence-electron chi connectivity index (χ4n) is 2.44. The van der Waals surface area contributed by atoms with E-state index >= 15 is 0 Å². The third-order valence-corrected chi connectivity index (χ3v) is 3.59. The van der Waals surface area contributed by atoms with Crippen LogP contribution in [0.2, 0.25) is 0 Å². The normalized spacial score (nSPS) is 13.5. The molecule has 0 fully saturated rings. The van der Waals surface area contributed by atoms with Crippen LogP contribution in [-0.4, -0.2) is 19.7 Å². The van der Waals surface area contributed by atoms with Crippen molar-refractivity contribution < 1.29 is 18.7 Å². The number of esters is 1. The fourth-order valence-corrected chi connectivity index (χ4v) is 2.44. The van der Waals surface area contributed by atoms with Crippen molar-refractivity contribution in [3.8, 4) is 16.9 Å². The van der Waals surface area contributed by atoms with Crippen LogP contribution in [0.3, 0.4) is 0 Å². The number of hydrogen-bond acceptors (Lipinski definition) is 3. The van der Waals surface area contributed by atoms with Crippen molar-refractivity contribution in [2.24, 2.45) is 0 Å². The van der Waals surface area contributed by atoms with Gasteiger partial charge in [-0.15, -0.1) is 0 Å². The minimum Gasteiger partial charge on any atom is -0.493 e. The SMILES string of the molecule is COC(=O)C1=Cc2cc(-c3ccc(F)cc3)ccc2OCC1. The van der Waals surface area contributed by atoms with Gasteiger partial charge < -0.3 is 9.47 Å². The third-order valence-electron chi connectivity index (χ3n) is 3.59. The second-order valence-corrected chi connectivity index (χ2v) is 5.02. The average molecular weight is 298 g/mol. The van der Waals surface area contributed by atoms with Crippen LogP contribution in [-0.2, 0) is 9.53 Å². The molecule has 3 rings (SSSR count). The van der Waals surface area contributed by atoms with Crippen molar-refractivity contribution in [3.05, 3.63) is 59.4 Å². The summed E-state index contributed by atoms with van der Waals surface area (Å²) in [4.78, 5) is 11.7. The van der Waals surface area contributed by atoms with E-state index in [1.165, 1.54) is 19.2 Å². The highest BCUT2D eigenvalue weighted by atomic mass is 19.1. The summed E-state index contributed by atoms with van der Waals surface area (Å²) in [5, 5.41) is 0. The highest BCUT2D eigenvalue weighted by molar-refractivity contribution is 5.94. The summed E-state index contributed by atoms with van der Waals surface area (Å²) in [5.41, 5.74) is 3.24. The molecule has 2 aromatic rings. The molecule has 22 heavy (non-hydrogen) atoms. The number of fused-ring (bicyclic) bond motifs is 1. The van der Waals surface area contributed by atoms with E-state index < -0.39 is 0 Å². The molecule has 2 aromatic carbocycles. The maximum atomic E-state index is 13.0. The summed E-state index contributed by atoms with van der Waals surface area (Å²) in [5.74, 6) is 0.114. The number of ether oxygens (including phenoxy) is 2. The molecular formula is C18H15FO3. The van der Waals surface area contributed by atoms with Gasteiger partial charge in [-0.05, 0) is 41.5 Å². The minimum absolute atomic E-state index is 0.269. The van der Waals surface area contributed by atoms with Crippen molar-refractivity contribution in [1.82, 2.24) is 0 Å². The Kier molecular flexibility index (Phi) is 3.92. The maximum absolute atomic E-state index is 13.0. The molecule has 0 radical (unpaired) electrons. The molecule has 4 heteroatoms. The van der Waals surface area contributed by atoms with E-state index in [4.69, 9.17) is 9.47 Å². The van der Waals surface area contributed by atoms with Gasteiger partial charge in [0.25, 0.3) is 0 Å². The molecule has 0 aliphatic carbocycles. The predicted molar refractivity (Wildman–Crippen MR) is 81.9 cm³/mol. The number of carbonyl (C=O) groups excluding carboxylic acids is 1. The van der Waals surface area contributed by atoms with Crippen LogP contribution in [0, 0.1) is 5.82 Å². The Morgan fingerprint density at radius 2 is 1.86 bits per heavy atom. The van der Waals surface area contributed by atoms with Gasteiger partial charge in [-0.3, -0.25) is 0 Å². The Labute approximate surface area is 128 Å². The summed E-state index contributed by atoms with van der Waals surface area (Å²) >= 11 is 0. The Morgan fingerprint density at radius 3 is 2.59 bits per heavy atom. The molecule has 0 saturated heterocycles. The largest absolute Gasteiger partial charge is 0.493 e. The van der Waals surface area contributed by atoms with Crippen molar-refractivity contribution in [1.29, 1.82) is 0 Å². The summed E-state index contributed by atoms with van der Waals surface area (Å²) in [6.07, 6.45) is 2.30. The summed E-state index contributed by atoms with van der Waals surface area (Å²) in [6, 6.07) is 12.0. The molecule has 0 N–H and O–H groups in total. The zero-order valence-electron chi connectivity index (χ0n) is 12.1. The Morgan fingerprint density at radius 1 is 1.14 bits per heavy atom. The standard InChI is InChI=1S/C18H15FO3/c1-21-18(20)14-8-9-22-17-7-4-13(10-15(17)11-14)12-2-5-16(19)6-3-12/h2-7,10-11H,8-9H2,1H3. The monoisotopic (exact) mass is 298 g/mol. The first kappa shape index (κ1) is 14.3. The summed E-state index contributed by atoms with van der Waals surface area (Å²) < 4.78 is 23.5. The molecule has 0 amide bonds. The molecule has 1 aliphatic heterocycles. The Bertz CT molecular complexity index is 732. The molecule has 0 unspecified atom stereocenters. The zero-order valence-corrected chi connectivity index (χ0v) is 12.1. The van der Waals surface area contributed by atoms with Crippen LogP contribution in [0.1, 0.15) is 12.0 Å². The lowest BCUT2D eigenvalue weighted by molar-refractivity contribution is -0.136. The van der Waals surface area contributed by atoms with E-state index in [1.54, 1.807) is 18.2 Å². The Balaban J connectivity index is 2.03. The Hall–Kier alpha value is -2.62. The van der Waals surface area contributed by atoms with Crippen molar-refractivity contribution in [2.75, 3.05) is 13.7 Å². The van der Waals surface area contributed by atoms with E-state index in [2.05, 4.69) is 0 Å². The topological polar surface area (TPSA) is 35.5 Å². The predicted octanol–water partition coefficient (Wildman–Crippen LogP) is 3.83. The van der Waals surface area contributed by atoms with Crippen LogP contribution in [0.5, 0.6) is 5.75 Å². The van der Waals surface area contributed by atoms with Crippen molar-refractivity contribution in [2.45, 2.75) is 6.42 Å². The van der Waals surface area contributed by atoms with Crippen LogP contribution in [0.15, 0.2) is 48.0 Å². The van der Waals surface area contributed by atoms with Crippen LogP contribution >= 0.6 is 0 Å². The van der Waals surface area contributed by atoms with E-state index in [0.29, 0.717) is 18.6 Å². The number of halogens is 1. The molecule has 112 valence electrons. The van der Waals surface area contributed by atoms with Gasteiger partial charge in [-0.25, -0.2) is 9.18 Å². The van der Waals surface area contributed by atoms with Gasteiger partial charge in [-0.1, -0.05) is 18.2 Å². The van der Waals surface area contributed by atoms with E-state index in [-0.39, 0.29) is 11.8 Å². The van der Waals surface area contributed by atoms with Gasteiger partial charge >= 0.3 is 5.97 Å². The first-order valence-electron chi connectivity index (χ1n) is 6.99. The smallest absolute Gasteiger partial charge is 0.333 e. The zero-order chi connectivity index (χ0) is 15.5. The van der Waals surface area contributed by atoms with Gasteiger partial charge in [0.1, 0.15) is 11.6 Å². The molecule has 1 heterocycles. The minimum atomic E-state index is -0.344. The number of hydrogen-bond donors (Lipinski definition) is 0. The second-order valence-electron chi connectivity index (χ2n) is 5.02. The molecule has 0 saturated carbocycles. The lowest BCUT2D eigenvalue weighted by Gasteiger charge is -2.08. The van der Waals surface area contributed by atoms with Gasteiger partial charge in [0.05, 0.1) is 13.7 Å². The summed E-state index contributed by atoms with van der Waals surface area (Å²) in [7, 11) is 1.37. The maximum Gasteiger partial charge on any atom is 0.333 e. The van der Waals surface area contributed by atoms with Gasteiger partial charge in [0, 0.05) is 17.6 Å². The van der Waals surface area contributed by atoms with Gasteiger partial charge in [-0.2, -0.15) is 0 Å². The lowest BCUT2D eigenvalue weighted by Crippen LogP contribution is -2.06. The second kappa shape index (κ2) is 6.02. The molecular weight excluding hydrogens is 283 g/mol. The van der Waals surface area contributed by atoms with Crippen molar-refractivity contribution in [3.63, 3.8) is 0 Å². The molecule has 0 spiro atoms. The van der Waals surface area contributed by atoms with Crippen molar-refractivity contribution >= 4 is 12.0 Å². The number of carbonyl (C=O) groups is 1. The first-order chi connectivity index (χ1) is 10.7. The fraction of sp³-hybridized carbons (Fsp3) is 0.167. The van der Waals surface area contributed by atoms with Gasteiger partial charge in [0.2, 0.25) is 0 Å².